The van der Waals surface area contributed by atoms with Crippen molar-refractivity contribution < 1.29 is 9.13 Å². The van der Waals surface area contributed by atoms with E-state index in [1.807, 2.05) is 6.07 Å². The predicted octanol–water partition coefficient (Wildman–Crippen LogP) is 3.96. The van der Waals surface area contributed by atoms with Crippen molar-refractivity contribution in [2.75, 3.05) is 6.54 Å². The van der Waals surface area contributed by atoms with Crippen molar-refractivity contribution in [3.05, 3.63) is 34.6 Å². The fourth-order valence-corrected chi connectivity index (χ4v) is 3.84. The number of rotatable bonds is 6. The summed E-state index contributed by atoms with van der Waals surface area (Å²) >= 11 is 5.77. The molecule has 0 saturated carbocycles. The second-order valence-electron chi connectivity index (χ2n) is 6.29. The number of benzene rings is 1. The number of ether oxygens (including phenoxy) is 1. The van der Waals surface area contributed by atoms with E-state index in [4.69, 9.17) is 16.3 Å². The molecule has 4 unspecified atom stereocenters. The van der Waals surface area contributed by atoms with Crippen LogP contribution in [0.15, 0.2) is 18.2 Å². The van der Waals surface area contributed by atoms with Crippen LogP contribution in [0.2, 0.25) is 5.02 Å². The number of hydrogen-bond donors (Lipinski definition) is 1. The summed E-state index contributed by atoms with van der Waals surface area (Å²) in [6.07, 6.45) is 6.31. The van der Waals surface area contributed by atoms with Crippen LogP contribution in [0.1, 0.15) is 38.2 Å². The summed E-state index contributed by atoms with van der Waals surface area (Å²) in [7, 11) is 0. The van der Waals surface area contributed by atoms with E-state index in [1.165, 1.54) is 12.8 Å². The van der Waals surface area contributed by atoms with Gasteiger partial charge in [-0.05, 0) is 56.3 Å². The standard InChI is InChI=1S/C17H23ClFNO/c1-2-7-20-16(13-10-12-4-6-17(13)21-12)9-11-3-5-14(18)15(19)8-11/h3,5,8,12-13,16-17,20H,2,4,6-7,9-10H2,1H3. The molecule has 0 aromatic heterocycles. The lowest BCUT2D eigenvalue weighted by Crippen LogP contribution is -2.42. The Morgan fingerprint density at radius 3 is 2.90 bits per heavy atom. The molecule has 2 aliphatic heterocycles. The van der Waals surface area contributed by atoms with Gasteiger partial charge in [-0.2, -0.15) is 0 Å². The molecule has 2 nitrogen and oxygen atoms in total. The highest BCUT2D eigenvalue weighted by Crippen LogP contribution is 2.41. The van der Waals surface area contributed by atoms with Gasteiger partial charge in [-0.1, -0.05) is 24.6 Å². The van der Waals surface area contributed by atoms with Crippen molar-refractivity contribution in [1.29, 1.82) is 0 Å². The molecule has 2 bridgehead atoms. The normalized spacial score (nSPS) is 29.0. The summed E-state index contributed by atoms with van der Waals surface area (Å²) in [5, 5.41) is 3.84. The van der Waals surface area contributed by atoms with Crippen molar-refractivity contribution in [3.63, 3.8) is 0 Å². The molecule has 3 rings (SSSR count). The van der Waals surface area contributed by atoms with Gasteiger partial charge in [-0.25, -0.2) is 4.39 Å². The van der Waals surface area contributed by atoms with Gasteiger partial charge < -0.3 is 10.1 Å². The lowest BCUT2D eigenvalue weighted by atomic mass is 9.81. The minimum absolute atomic E-state index is 0.195. The Bertz CT molecular complexity index is 496. The second-order valence-corrected chi connectivity index (χ2v) is 6.69. The molecule has 2 fully saturated rings. The first-order valence-electron chi connectivity index (χ1n) is 8.00. The maximum Gasteiger partial charge on any atom is 0.142 e. The predicted molar refractivity (Wildman–Crippen MR) is 83.2 cm³/mol. The number of halogens is 2. The lowest BCUT2D eigenvalue weighted by molar-refractivity contribution is 0.0857. The van der Waals surface area contributed by atoms with Crippen molar-refractivity contribution in [1.82, 2.24) is 5.32 Å². The van der Waals surface area contributed by atoms with Gasteiger partial charge >= 0.3 is 0 Å². The van der Waals surface area contributed by atoms with Crippen LogP contribution in [0, 0.1) is 11.7 Å². The highest BCUT2D eigenvalue weighted by molar-refractivity contribution is 6.30. The zero-order valence-corrected chi connectivity index (χ0v) is 13.2. The van der Waals surface area contributed by atoms with Crippen molar-refractivity contribution in [2.24, 2.45) is 5.92 Å². The summed E-state index contributed by atoms with van der Waals surface area (Å²) in [4.78, 5) is 0. The summed E-state index contributed by atoms with van der Waals surface area (Å²) in [5.74, 6) is 0.224. The molecule has 0 radical (unpaired) electrons. The maximum atomic E-state index is 13.6. The first kappa shape index (κ1) is 15.3. The molecular weight excluding hydrogens is 289 g/mol. The Hall–Kier alpha value is -0.640. The van der Waals surface area contributed by atoms with Crippen molar-refractivity contribution in [3.8, 4) is 0 Å². The molecule has 1 aromatic carbocycles. The third-order valence-corrected chi connectivity index (χ3v) is 5.07. The van der Waals surface area contributed by atoms with Crippen LogP contribution in [0.5, 0.6) is 0 Å². The minimum Gasteiger partial charge on any atom is -0.375 e. The average molecular weight is 312 g/mol. The van der Waals surface area contributed by atoms with E-state index in [0.717, 1.165) is 31.4 Å². The molecule has 4 heteroatoms. The first-order valence-corrected chi connectivity index (χ1v) is 8.38. The van der Waals surface area contributed by atoms with Crippen LogP contribution in [0.3, 0.4) is 0 Å². The third kappa shape index (κ3) is 3.41. The fourth-order valence-electron chi connectivity index (χ4n) is 3.73. The molecule has 0 aliphatic carbocycles. The molecule has 2 saturated heterocycles. The highest BCUT2D eigenvalue weighted by atomic mass is 35.5. The molecule has 4 atom stereocenters. The molecule has 21 heavy (non-hydrogen) atoms. The Labute approximate surface area is 131 Å². The molecule has 2 aliphatic rings. The number of fused-ring (bicyclic) bond motifs is 2. The van der Waals surface area contributed by atoms with Crippen LogP contribution in [-0.2, 0) is 11.2 Å². The van der Waals surface area contributed by atoms with Gasteiger partial charge in [0.2, 0.25) is 0 Å². The summed E-state index contributed by atoms with van der Waals surface area (Å²) in [6.45, 7) is 3.16. The smallest absolute Gasteiger partial charge is 0.142 e. The molecule has 2 heterocycles. The lowest BCUT2D eigenvalue weighted by Gasteiger charge is -2.29. The summed E-state index contributed by atoms with van der Waals surface area (Å²) in [6, 6.07) is 5.51. The van der Waals surface area contributed by atoms with Crippen molar-refractivity contribution >= 4 is 11.6 Å². The van der Waals surface area contributed by atoms with Gasteiger partial charge in [-0.3, -0.25) is 0 Å². The van der Waals surface area contributed by atoms with E-state index >= 15 is 0 Å². The van der Waals surface area contributed by atoms with E-state index in [0.29, 0.717) is 24.2 Å². The second kappa shape index (κ2) is 6.64. The van der Waals surface area contributed by atoms with E-state index in [-0.39, 0.29) is 10.8 Å². The maximum absolute atomic E-state index is 13.6. The first-order chi connectivity index (χ1) is 10.2. The van der Waals surface area contributed by atoms with Crippen LogP contribution >= 0.6 is 11.6 Å². The summed E-state index contributed by atoms with van der Waals surface area (Å²) in [5.41, 5.74) is 1.01. The Balaban J connectivity index is 1.71. The van der Waals surface area contributed by atoms with Gasteiger partial charge in [0.1, 0.15) is 5.82 Å². The SMILES string of the molecule is CCCNC(Cc1ccc(Cl)c(F)c1)C1CC2CCC1O2. The number of hydrogen-bond acceptors (Lipinski definition) is 2. The van der Waals surface area contributed by atoms with Crippen LogP contribution in [-0.4, -0.2) is 24.8 Å². The highest BCUT2D eigenvalue weighted by Gasteiger charge is 2.44. The summed E-state index contributed by atoms with van der Waals surface area (Å²) < 4.78 is 19.6. The van der Waals surface area contributed by atoms with E-state index in [2.05, 4.69) is 12.2 Å². The molecule has 116 valence electrons. The van der Waals surface area contributed by atoms with Crippen LogP contribution < -0.4 is 5.32 Å². The van der Waals surface area contributed by atoms with Gasteiger partial charge in [-0.15, -0.1) is 0 Å². The quantitative estimate of drug-likeness (QED) is 0.858. The van der Waals surface area contributed by atoms with E-state index in [1.54, 1.807) is 12.1 Å². The minimum atomic E-state index is -0.326. The fraction of sp³-hybridized carbons (Fsp3) is 0.647. The van der Waals surface area contributed by atoms with Gasteiger partial charge in [0.25, 0.3) is 0 Å². The molecule has 1 aromatic rings. The zero-order valence-electron chi connectivity index (χ0n) is 12.4. The van der Waals surface area contributed by atoms with Crippen LogP contribution in [0.25, 0.3) is 0 Å². The Morgan fingerprint density at radius 1 is 1.43 bits per heavy atom. The molecular formula is C17H23ClFNO. The van der Waals surface area contributed by atoms with Crippen molar-refractivity contribution in [2.45, 2.75) is 57.3 Å². The topological polar surface area (TPSA) is 21.3 Å². The number of nitrogens with one attached hydrogen (secondary N) is 1. The zero-order chi connectivity index (χ0) is 14.8. The molecule has 0 amide bonds. The Kier molecular flexibility index (Phi) is 4.82. The van der Waals surface area contributed by atoms with Gasteiger partial charge in [0, 0.05) is 12.0 Å². The molecule has 1 N–H and O–H groups in total. The molecule has 0 spiro atoms. The Morgan fingerprint density at radius 2 is 2.29 bits per heavy atom. The van der Waals surface area contributed by atoms with Gasteiger partial charge in [0.05, 0.1) is 17.2 Å². The average Bonchev–Trinajstić information content (AvgIpc) is 3.10. The van der Waals surface area contributed by atoms with Crippen LogP contribution in [0.4, 0.5) is 4.39 Å². The van der Waals surface area contributed by atoms with E-state index < -0.39 is 0 Å². The monoisotopic (exact) mass is 311 g/mol. The van der Waals surface area contributed by atoms with E-state index in [9.17, 15) is 4.39 Å². The largest absolute Gasteiger partial charge is 0.375 e. The third-order valence-electron chi connectivity index (χ3n) is 4.77. The van der Waals surface area contributed by atoms with Gasteiger partial charge in [0.15, 0.2) is 0 Å².